The van der Waals surface area contributed by atoms with Crippen molar-refractivity contribution in [2.24, 2.45) is 0 Å². The minimum atomic E-state index is -0.877. The van der Waals surface area contributed by atoms with Crippen LogP contribution in [0, 0.1) is 0 Å². The molecule has 1 saturated heterocycles. The first kappa shape index (κ1) is 12.7. The molecule has 1 unspecified atom stereocenters. The Morgan fingerprint density at radius 3 is 2.79 bits per heavy atom. The quantitative estimate of drug-likeness (QED) is 0.855. The predicted octanol–water partition coefficient (Wildman–Crippen LogP) is 1.95. The average Bonchev–Trinajstić information content (AvgIpc) is 2.81. The zero-order valence-electron chi connectivity index (χ0n) is 11.4. The number of piperidine rings is 1. The number of carbonyl (C=O) groups is 1. The van der Waals surface area contributed by atoms with E-state index in [0.29, 0.717) is 17.5 Å². The Bertz CT molecular complexity index is 489. The number of imidazole rings is 1. The Kier molecular flexibility index (Phi) is 3.31. The molecule has 5 nitrogen and oxygen atoms in total. The van der Waals surface area contributed by atoms with E-state index in [0.717, 1.165) is 56.8 Å². The van der Waals surface area contributed by atoms with Crippen molar-refractivity contribution in [1.29, 1.82) is 0 Å². The van der Waals surface area contributed by atoms with E-state index >= 15 is 0 Å². The van der Waals surface area contributed by atoms with Gasteiger partial charge >= 0.3 is 5.97 Å². The fourth-order valence-corrected chi connectivity index (χ4v) is 3.46. The summed E-state index contributed by atoms with van der Waals surface area (Å²) in [6.07, 6.45) is 4.31. The topological polar surface area (TPSA) is 67.2 Å². The zero-order valence-corrected chi connectivity index (χ0v) is 11.4. The number of carboxylic acid groups (broad SMARTS) is 1. The van der Waals surface area contributed by atoms with E-state index < -0.39 is 5.97 Å². The molecule has 0 aromatic carbocycles. The normalized spacial score (nSPS) is 24.2. The molecule has 104 valence electrons. The van der Waals surface area contributed by atoms with Crippen molar-refractivity contribution >= 4 is 5.97 Å². The van der Waals surface area contributed by atoms with E-state index in [2.05, 4.69) is 21.8 Å². The molecule has 5 heteroatoms. The van der Waals surface area contributed by atoms with Crippen LogP contribution in [0.4, 0.5) is 0 Å². The van der Waals surface area contributed by atoms with E-state index in [1.54, 1.807) is 0 Å². The highest BCUT2D eigenvalue weighted by molar-refractivity contribution is 5.87. The van der Waals surface area contributed by atoms with Crippen LogP contribution in [0.3, 0.4) is 0 Å². The number of carboxylic acids is 1. The maximum absolute atomic E-state index is 11.4. The first-order chi connectivity index (χ1) is 9.18. The lowest BCUT2D eigenvalue weighted by molar-refractivity contribution is 0.0688. The summed E-state index contributed by atoms with van der Waals surface area (Å²) in [6.45, 7) is 5.06. The van der Waals surface area contributed by atoms with Gasteiger partial charge in [0.1, 0.15) is 5.82 Å². The van der Waals surface area contributed by atoms with Gasteiger partial charge in [-0.25, -0.2) is 9.78 Å². The van der Waals surface area contributed by atoms with Gasteiger partial charge in [0.05, 0.1) is 5.69 Å². The monoisotopic (exact) mass is 263 g/mol. The molecule has 0 amide bonds. The van der Waals surface area contributed by atoms with Crippen molar-refractivity contribution in [3.8, 4) is 0 Å². The molecule has 2 aliphatic heterocycles. The maximum Gasteiger partial charge on any atom is 0.356 e. The Hall–Kier alpha value is -1.36. The number of hydrogen-bond acceptors (Lipinski definition) is 3. The lowest BCUT2D eigenvalue weighted by Crippen LogP contribution is -2.28. The minimum Gasteiger partial charge on any atom is -0.476 e. The summed E-state index contributed by atoms with van der Waals surface area (Å²) in [5, 5.41) is 12.7. The van der Waals surface area contributed by atoms with Gasteiger partial charge in [0.2, 0.25) is 0 Å². The Morgan fingerprint density at radius 2 is 2.11 bits per heavy atom. The molecule has 1 aromatic heterocycles. The first-order valence-electron chi connectivity index (χ1n) is 7.22. The largest absolute Gasteiger partial charge is 0.476 e. The summed E-state index contributed by atoms with van der Waals surface area (Å²) < 4.78 is 2.20. The van der Waals surface area contributed by atoms with Gasteiger partial charge in [-0.15, -0.1) is 0 Å². The number of nitrogens with zero attached hydrogens (tertiary/aromatic N) is 2. The van der Waals surface area contributed by atoms with Crippen LogP contribution in [0.1, 0.15) is 66.4 Å². The van der Waals surface area contributed by atoms with Crippen LogP contribution in [0.25, 0.3) is 0 Å². The molecule has 19 heavy (non-hydrogen) atoms. The molecule has 2 N–H and O–H groups in total. The van der Waals surface area contributed by atoms with Crippen molar-refractivity contribution in [3.63, 3.8) is 0 Å². The lowest BCUT2D eigenvalue weighted by atomic mass is 9.94. The minimum absolute atomic E-state index is 0.292. The van der Waals surface area contributed by atoms with Gasteiger partial charge in [-0.1, -0.05) is 6.92 Å². The molecule has 1 fully saturated rings. The number of aromatic nitrogens is 2. The Balaban J connectivity index is 2.04. The number of nitrogens with one attached hydrogen (secondary N) is 1. The van der Waals surface area contributed by atoms with Gasteiger partial charge in [0.25, 0.3) is 0 Å². The van der Waals surface area contributed by atoms with Gasteiger partial charge in [-0.2, -0.15) is 0 Å². The Morgan fingerprint density at radius 1 is 1.37 bits per heavy atom. The third-order valence-corrected chi connectivity index (χ3v) is 4.43. The number of rotatable bonds is 2. The second-order valence-electron chi connectivity index (χ2n) is 5.73. The molecule has 2 aliphatic rings. The zero-order chi connectivity index (χ0) is 13.4. The molecule has 0 saturated carbocycles. The Labute approximate surface area is 113 Å². The van der Waals surface area contributed by atoms with Crippen LogP contribution in [0.2, 0.25) is 0 Å². The van der Waals surface area contributed by atoms with Crippen LogP contribution in [-0.2, 0) is 6.54 Å². The van der Waals surface area contributed by atoms with Gasteiger partial charge < -0.3 is 15.0 Å². The summed E-state index contributed by atoms with van der Waals surface area (Å²) in [6, 6.07) is 0. The molecule has 1 atom stereocenters. The van der Waals surface area contributed by atoms with E-state index in [4.69, 9.17) is 0 Å². The van der Waals surface area contributed by atoms with Crippen molar-refractivity contribution in [3.05, 3.63) is 17.2 Å². The van der Waals surface area contributed by atoms with Crippen LogP contribution >= 0.6 is 0 Å². The van der Waals surface area contributed by atoms with Crippen molar-refractivity contribution in [2.45, 2.75) is 51.0 Å². The van der Waals surface area contributed by atoms with Gasteiger partial charge in [0, 0.05) is 12.5 Å². The SMILES string of the molecule is CC1CCCn2c(C3CCNCC3)nc(C(=O)O)c21. The van der Waals surface area contributed by atoms with Crippen molar-refractivity contribution in [1.82, 2.24) is 14.9 Å². The van der Waals surface area contributed by atoms with Crippen LogP contribution in [0.15, 0.2) is 0 Å². The molecule has 0 spiro atoms. The molecule has 1 aromatic rings. The molecule has 3 rings (SSSR count). The number of hydrogen-bond donors (Lipinski definition) is 2. The number of aromatic carboxylic acids is 1. The van der Waals surface area contributed by atoms with Crippen molar-refractivity contribution in [2.75, 3.05) is 13.1 Å². The van der Waals surface area contributed by atoms with Crippen LogP contribution in [-0.4, -0.2) is 33.7 Å². The number of fused-ring (bicyclic) bond motifs is 1. The lowest BCUT2D eigenvalue weighted by Gasteiger charge is -2.27. The summed E-state index contributed by atoms with van der Waals surface area (Å²) in [5.74, 6) is 0.861. The standard InChI is InChI=1S/C14H21N3O2/c1-9-3-2-8-17-12(9)11(14(18)19)16-13(17)10-4-6-15-7-5-10/h9-10,15H,2-8H2,1H3,(H,18,19). The highest BCUT2D eigenvalue weighted by Gasteiger charge is 2.31. The maximum atomic E-state index is 11.4. The average molecular weight is 263 g/mol. The molecular formula is C14H21N3O2. The highest BCUT2D eigenvalue weighted by atomic mass is 16.4. The van der Waals surface area contributed by atoms with Gasteiger partial charge in [-0.3, -0.25) is 0 Å². The smallest absolute Gasteiger partial charge is 0.356 e. The third kappa shape index (κ3) is 2.16. The van der Waals surface area contributed by atoms with Crippen molar-refractivity contribution < 1.29 is 9.90 Å². The second kappa shape index (κ2) is 4.96. The van der Waals surface area contributed by atoms with E-state index in [1.165, 1.54) is 0 Å². The van der Waals surface area contributed by atoms with Crippen LogP contribution in [0.5, 0.6) is 0 Å². The predicted molar refractivity (Wildman–Crippen MR) is 71.7 cm³/mol. The fourth-order valence-electron chi connectivity index (χ4n) is 3.46. The summed E-state index contributed by atoms with van der Waals surface area (Å²) in [4.78, 5) is 15.9. The molecule has 0 aliphatic carbocycles. The van der Waals surface area contributed by atoms with E-state index in [1.807, 2.05) is 0 Å². The van der Waals surface area contributed by atoms with E-state index in [9.17, 15) is 9.90 Å². The summed E-state index contributed by atoms with van der Waals surface area (Å²) in [5.41, 5.74) is 1.24. The molecular weight excluding hydrogens is 242 g/mol. The molecule has 0 radical (unpaired) electrons. The highest BCUT2D eigenvalue weighted by Crippen LogP contribution is 2.35. The summed E-state index contributed by atoms with van der Waals surface area (Å²) >= 11 is 0. The molecule has 3 heterocycles. The van der Waals surface area contributed by atoms with Gasteiger partial charge in [-0.05, 0) is 44.7 Å². The summed E-state index contributed by atoms with van der Waals surface area (Å²) in [7, 11) is 0. The third-order valence-electron chi connectivity index (χ3n) is 4.43. The van der Waals surface area contributed by atoms with Gasteiger partial charge in [0.15, 0.2) is 5.69 Å². The fraction of sp³-hybridized carbons (Fsp3) is 0.714. The van der Waals surface area contributed by atoms with E-state index in [-0.39, 0.29) is 0 Å². The molecule has 0 bridgehead atoms. The second-order valence-corrected chi connectivity index (χ2v) is 5.73. The first-order valence-corrected chi connectivity index (χ1v) is 7.22. The van der Waals surface area contributed by atoms with Crippen LogP contribution < -0.4 is 5.32 Å².